The third-order valence-electron chi connectivity index (χ3n) is 4.56. The van der Waals surface area contributed by atoms with Crippen molar-refractivity contribution in [3.8, 4) is 11.1 Å². The van der Waals surface area contributed by atoms with E-state index in [-0.39, 0.29) is 0 Å². The Hall–Kier alpha value is -1.65. The molecule has 0 N–H and O–H groups in total. The van der Waals surface area contributed by atoms with Gasteiger partial charge in [-0.2, -0.15) is 4.98 Å². The molecule has 0 spiro atoms. The van der Waals surface area contributed by atoms with E-state index in [0.29, 0.717) is 5.28 Å². The van der Waals surface area contributed by atoms with E-state index < -0.39 is 0 Å². The van der Waals surface area contributed by atoms with Crippen LogP contribution < -0.4 is 4.90 Å². The van der Waals surface area contributed by atoms with E-state index in [1.54, 1.807) is 11.3 Å². The second kappa shape index (κ2) is 6.10. The summed E-state index contributed by atoms with van der Waals surface area (Å²) in [5.74, 6) is 1.78. The van der Waals surface area contributed by atoms with Gasteiger partial charge in [-0.1, -0.05) is 37.3 Å². The summed E-state index contributed by atoms with van der Waals surface area (Å²) < 4.78 is 0. The fourth-order valence-corrected chi connectivity index (χ4v) is 4.33. The minimum atomic E-state index is 0.340. The van der Waals surface area contributed by atoms with Gasteiger partial charge in [0.2, 0.25) is 5.28 Å². The molecular weight excluding hydrogens is 326 g/mol. The molecule has 23 heavy (non-hydrogen) atoms. The predicted octanol–water partition coefficient (Wildman–Crippen LogP) is 5.25. The summed E-state index contributed by atoms with van der Waals surface area (Å²) in [6, 6.07) is 10.4. The maximum absolute atomic E-state index is 6.18. The quantitative estimate of drug-likeness (QED) is 0.595. The maximum atomic E-state index is 6.18. The van der Waals surface area contributed by atoms with Gasteiger partial charge in [0.05, 0.1) is 5.39 Å². The van der Waals surface area contributed by atoms with Gasteiger partial charge in [-0.3, -0.25) is 0 Å². The number of hydrogen-bond acceptors (Lipinski definition) is 4. The van der Waals surface area contributed by atoms with Gasteiger partial charge in [0.15, 0.2) is 0 Å². The summed E-state index contributed by atoms with van der Waals surface area (Å²) in [6.07, 6.45) is 2.40. The van der Waals surface area contributed by atoms with Crippen LogP contribution in [-0.4, -0.2) is 23.1 Å². The van der Waals surface area contributed by atoms with Crippen LogP contribution in [0.4, 0.5) is 5.82 Å². The SMILES string of the molecule is CC1CCN(c2nc(Cl)nc3scc(-c4ccccc4)c23)CC1. The number of thiophene rings is 1. The first-order valence-electron chi connectivity index (χ1n) is 7.97. The molecule has 0 bridgehead atoms. The molecule has 0 unspecified atom stereocenters. The van der Waals surface area contributed by atoms with E-state index in [2.05, 4.69) is 51.4 Å². The van der Waals surface area contributed by atoms with E-state index in [1.807, 2.05) is 6.07 Å². The Labute approximate surface area is 144 Å². The Kier molecular flexibility index (Phi) is 3.95. The summed E-state index contributed by atoms with van der Waals surface area (Å²) in [4.78, 5) is 12.4. The van der Waals surface area contributed by atoms with Gasteiger partial charge >= 0.3 is 0 Å². The zero-order valence-corrected chi connectivity index (χ0v) is 14.6. The van der Waals surface area contributed by atoms with Gasteiger partial charge in [-0.15, -0.1) is 11.3 Å². The highest BCUT2D eigenvalue weighted by Gasteiger charge is 2.22. The minimum Gasteiger partial charge on any atom is -0.356 e. The molecule has 5 heteroatoms. The van der Waals surface area contributed by atoms with Gasteiger partial charge in [0.1, 0.15) is 10.6 Å². The molecule has 1 aliphatic heterocycles. The number of benzene rings is 1. The molecule has 2 aromatic heterocycles. The van der Waals surface area contributed by atoms with Crippen molar-refractivity contribution in [2.24, 2.45) is 5.92 Å². The molecule has 0 radical (unpaired) electrons. The Balaban J connectivity index is 1.87. The van der Waals surface area contributed by atoms with Crippen LogP contribution in [0.1, 0.15) is 19.8 Å². The van der Waals surface area contributed by atoms with Crippen LogP contribution in [0.2, 0.25) is 5.28 Å². The van der Waals surface area contributed by atoms with Gasteiger partial charge in [0, 0.05) is 24.0 Å². The van der Waals surface area contributed by atoms with E-state index in [0.717, 1.165) is 35.0 Å². The number of aromatic nitrogens is 2. The monoisotopic (exact) mass is 343 g/mol. The van der Waals surface area contributed by atoms with Crippen molar-refractivity contribution in [3.05, 3.63) is 41.0 Å². The van der Waals surface area contributed by atoms with E-state index in [4.69, 9.17) is 11.6 Å². The first-order valence-corrected chi connectivity index (χ1v) is 9.23. The Morgan fingerprint density at radius 3 is 2.61 bits per heavy atom. The average Bonchev–Trinajstić information content (AvgIpc) is 2.99. The zero-order chi connectivity index (χ0) is 15.8. The largest absolute Gasteiger partial charge is 0.356 e. The van der Waals surface area contributed by atoms with Crippen molar-refractivity contribution >= 4 is 39.0 Å². The Morgan fingerprint density at radius 2 is 1.87 bits per heavy atom. The molecule has 3 heterocycles. The highest BCUT2D eigenvalue weighted by atomic mass is 35.5. The summed E-state index contributed by atoms with van der Waals surface area (Å²) in [7, 11) is 0. The van der Waals surface area contributed by atoms with Gasteiger partial charge in [0.25, 0.3) is 0 Å². The number of piperidine rings is 1. The molecule has 0 aliphatic carbocycles. The summed E-state index contributed by atoms with van der Waals surface area (Å²) in [5.41, 5.74) is 2.41. The third-order valence-corrected chi connectivity index (χ3v) is 5.60. The Bertz CT molecular complexity index is 823. The number of halogens is 1. The van der Waals surface area contributed by atoms with Crippen LogP contribution in [0.3, 0.4) is 0 Å². The molecule has 4 rings (SSSR count). The molecule has 1 saturated heterocycles. The van der Waals surface area contributed by atoms with Crippen LogP contribution in [0.5, 0.6) is 0 Å². The second-order valence-electron chi connectivity index (χ2n) is 6.18. The van der Waals surface area contributed by atoms with Crippen LogP contribution in [-0.2, 0) is 0 Å². The molecule has 3 aromatic rings. The second-order valence-corrected chi connectivity index (χ2v) is 7.38. The number of hydrogen-bond donors (Lipinski definition) is 0. The first kappa shape index (κ1) is 14.9. The molecule has 1 aromatic carbocycles. The molecule has 0 saturated carbocycles. The lowest BCUT2D eigenvalue weighted by molar-refractivity contribution is 0.437. The number of anilines is 1. The van der Waals surface area contributed by atoms with Crippen molar-refractivity contribution < 1.29 is 0 Å². The molecule has 1 fully saturated rings. The number of nitrogens with zero attached hydrogens (tertiary/aromatic N) is 3. The van der Waals surface area contributed by atoms with Gasteiger partial charge in [-0.25, -0.2) is 4.98 Å². The molecule has 0 atom stereocenters. The van der Waals surface area contributed by atoms with Crippen molar-refractivity contribution in [2.75, 3.05) is 18.0 Å². The first-order chi connectivity index (χ1) is 11.2. The summed E-state index contributed by atoms with van der Waals surface area (Å²) >= 11 is 7.82. The lowest BCUT2D eigenvalue weighted by Crippen LogP contribution is -2.33. The van der Waals surface area contributed by atoms with Crippen molar-refractivity contribution in [1.82, 2.24) is 9.97 Å². The lowest BCUT2D eigenvalue weighted by atomic mass is 9.98. The fourth-order valence-electron chi connectivity index (χ4n) is 3.18. The minimum absolute atomic E-state index is 0.340. The molecular formula is C18H18ClN3S. The molecule has 3 nitrogen and oxygen atoms in total. The van der Waals surface area contributed by atoms with Crippen LogP contribution in [0.15, 0.2) is 35.7 Å². The molecule has 0 amide bonds. The smallest absolute Gasteiger partial charge is 0.225 e. The van der Waals surface area contributed by atoms with Crippen molar-refractivity contribution in [1.29, 1.82) is 0 Å². The van der Waals surface area contributed by atoms with Gasteiger partial charge in [-0.05, 0) is 35.9 Å². The van der Waals surface area contributed by atoms with E-state index >= 15 is 0 Å². The van der Waals surface area contributed by atoms with Crippen LogP contribution >= 0.6 is 22.9 Å². The summed E-state index contributed by atoms with van der Waals surface area (Å²) in [5, 5.41) is 3.65. The standard InChI is InChI=1S/C18H18ClN3S/c1-12-7-9-22(10-8-12)16-15-14(13-5-3-2-4-6-13)11-23-17(15)21-18(19)20-16/h2-6,11-12H,7-10H2,1H3. The van der Waals surface area contributed by atoms with Crippen molar-refractivity contribution in [3.63, 3.8) is 0 Å². The topological polar surface area (TPSA) is 29.0 Å². The van der Waals surface area contributed by atoms with E-state index in [1.165, 1.54) is 24.0 Å². The molecule has 1 aliphatic rings. The predicted molar refractivity (Wildman–Crippen MR) is 98.5 cm³/mol. The van der Waals surface area contributed by atoms with Crippen LogP contribution in [0, 0.1) is 5.92 Å². The molecule has 118 valence electrons. The summed E-state index contributed by atoms with van der Waals surface area (Å²) in [6.45, 7) is 4.39. The number of fused-ring (bicyclic) bond motifs is 1. The van der Waals surface area contributed by atoms with Gasteiger partial charge < -0.3 is 4.90 Å². The fraction of sp³-hybridized carbons (Fsp3) is 0.333. The highest BCUT2D eigenvalue weighted by Crippen LogP contribution is 2.39. The maximum Gasteiger partial charge on any atom is 0.225 e. The third kappa shape index (κ3) is 2.81. The lowest BCUT2D eigenvalue weighted by Gasteiger charge is -2.31. The van der Waals surface area contributed by atoms with E-state index in [9.17, 15) is 0 Å². The van der Waals surface area contributed by atoms with Crippen LogP contribution in [0.25, 0.3) is 21.3 Å². The number of rotatable bonds is 2. The van der Waals surface area contributed by atoms with Crippen molar-refractivity contribution in [2.45, 2.75) is 19.8 Å². The Morgan fingerprint density at radius 1 is 1.13 bits per heavy atom. The highest BCUT2D eigenvalue weighted by molar-refractivity contribution is 7.17. The zero-order valence-electron chi connectivity index (χ0n) is 13.0. The average molecular weight is 344 g/mol. The normalized spacial score (nSPS) is 16.2.